The van der Waals surface area contributed by atoms with Crippen molar-refractivity contribution in [2.24, 2.45) is 5.92 Å². The number of anilines is 2. The van der Waals surface area contributed by atoms with Crippen LogP contribution in [0.5, 0.6) is 11.5 Å². The number of nitrogens with zero attached hydrogens (tertiary/aromatic N) is 1. The van der Waals surface area contributed by atoms with Crippen LogP contribution in [0.15, 0.2) is 42.5 Å². The molecule has 0 aromatic heterocycles. The quantitative estimate of drug-likeness (QED) is 0.773. The van der Waals surface area contributed by atoms with Gasteiger partial charge in [0, 0.05) is 42.0 Å². The van der Waals surface area contributed by atoms with Crippen LogP contribution < -0.4 is 25.0 Å². The normalized spacial score (nSPS) is 19.8. The molecule has 2 aliphatic heterocycles. The molecule has 1 saturated heterocycles. The lowest BCUT2D eigenvalue weighted by Crippen LogP contribution is -2.28. The summed E-state index contributed by atoms with van der Waals surface area (Å²) in [5.41, 5.74) is 1.73. The Morgan fingerprint density at radius 1 is 1.00 bits per heavy atom. The van der Waals surface area contributed by atoms with E-state index >= 15 is 0 Å². The van der Waals surface area contributed by atoms with Gasteiger partial charge in [0.25, 0.3) is 5.91 Å². The van der Waals surface area contributed by atoms with E-state index in [9.17, 15) is 14.4 Å². The predicted molar refractivity (Wildman–Crippen MR) is 113 cm³/mol. The van der Waals surface area contributed by atoms with Gasteiger partial charge in [-0.3, -0.25) is 14.4 Å². The highest BCUT2D eigenvalue weighted by Crippen LogP contribution is 2.36. The molecular weight excluding hydrogens is 398 g/mol. The van der Waals surface area contributed by atoms with Gasteiger partial charge < -0.3 is 25.0 Å². The van der Waals surface area contributed by atoms with Crippen LogP contribution in [-0.4, -0.2) is 43.5 Å². The molecule has 0 unspecified atom stereocenters. The zero-order chi connectivity index (χ0) is 21.4. The molecule has 0 radical (unpaired) electrons. The Labute approximate surface area is 179 Å². The van der Waals surface area contributed by atoms with Crippen molar-refractivity contribution in [3.8, 4) is 11.5 Å². The number of rotatable bonds is 5. The van der Waals surface area contributed by atoms with E-state index in [0.29, 0.717) is 41.7 Å². The highest BCUT2D eigenvalue weighted by molar-refractivity contribution is 6.04. The molecule has 31 heavy (non-hydrogen) atoms. The second-order valence-corrected chi connectivity index (χ2v) is 8.05. The summed E-state index contributed by atoms with van der Waals surface area (Å²) in [6.45, 7) is 1.25. The first-order valence-corrected chi connectivity index (χ1v) is 10.5. The number of benzene rings is 2. The molecule has 1 atom stereocenters. The first-order chi connectivity index (χ1) is 15.1. The van der Waals surface area contributed by atoms with Crippen LogP contribution in [0.3, 0.4) is 0 Å². The molecule has 0 spiro atoms. The SMILES string of the molecule is O=C(NC1CC1)c1cccc(NC(=O)[C@@H]2CC(=O)N(c3ccc4c(c3)OCCO4)C2)c1. The fraction of sp³-hybridized carbons (Fsp3) is 0.348. The molecule has 2 aromatic carbocycles. The molecule has 1 aliphatic carbocycles. The van der Waals surface area contributed by atoms with Crippen LogP contribution in [-0.2, 0) is 9.59 Å². The summed E-state index contributed by atoms with van der Waals surface area (Å²) >= 11 is 0. The molecule has 3 amide bonds. The van der Waals surface area contributed by atoms with Crippen molar-refractivity contribution in [2.45, 2.75) is 25.3 Å². The van der Waals surface area contributed by atoms with Crippen LogP contribution in [0.2, 0.25) is 0 Å². The fourth-order valence-electron chi connectivity index (χ4n) is 3.81. The van der Waals surface area contributed by atoms with Crippen molar-refractivity contribution in [3.05, 3.63) is 48.0 Å². The van der Waals surface area contributed by atoms with Crippen molar-refractivity contribution in [3.63, 3.8) is 0 Å². The Kier molecular flexibility index (Phi) is 4.97. The largest absolute Gasteiger partial charge is 0.486 e. The van der Waals surface area contributed by atoms with E-state index < -0.39 is 5.92 Å². The molecule has 1 saturated carbocycles. The summed E-state index contributed by atoms with van der Waals surface area (Å²) < 4.78 is 11.1. The number of nitrogens with one attached hydrogen (secondary N) is 2. The van der Waals surface area contributed by atoms with Gasteiger partial charge in [-0.2, -0.15) is 0 Å². The van der Waals surface area contributed by atoms with Crippen molar-refractivity contribution < 1.29 is 23.9 Å². The van der Waals surface area contributed by atoms with Crippen molar-refractivity contribution in [2.75, 3.05) is 30.0 Å². The van der Waals surface area contributed by atoms with Gasteiger partial charge in [-0.1, -0.05) is 6.07 Å². The zero-order valence-corrected chi connectivity index (χ0v) is 16.9. The van der Waals surface area contributed by atoms with E-state index in [-0.39, 0.29) is 36.7 Å². The Bertz CT molecular complexity index is 1050. The van der Waals surface area contributed by atoms with Gasteiger partial charge in [-0.05, 0) is 43.2 Å². The zero-order valence-electron chi connectivity index (χ0n) is 16.9. The van der Waals surface area contributed by atoms with E-state index in [4.69, 9.17) is 9.47 Å². The summed E-state index contributed by atoms with van der Waals surface area (Å²) in [6.07, 6.45) is 2.15. The summed E-state index contributed by atoms with van der Waals surface area (Å²) in [6, 6.07) is 12.5. The van der Waals surface area contributed by atoms with Crippen LogP contribution in [0.1, 0.15) is 29.6 Å². The van der Waals surface area contributed by atoms with Crippen LogP contribution in [0, 0.1) is 5.92 Å². The Hall–Kier alpha value is -3.55. The average Bonchev–Trinajstić information content (AvgIpc) is 3.51. The van der Waals surface area contributed by atoms with Gasteiger partial charge in [0.2, 0.25) is 11.8 Å². The smallest absolute Gasteiger partial charge is 0.251 e. The summed E-state index contributed by atoms with van der Waals surface area (Å²) in [4.78, 5) is 39.2. The van der Waals surface area contributed by atoms with Gasteiger partial charge >= 0.3 is 0 Å². The molecular formula is C23H23N3O5. The summed E-state index contributed by atoms with van der Waals surface area (Å²) in [7, 11) is 0. The maximum absolute atomic E-state index is 12.8. The van der Waals surface area contributed by atoms with E-state index in [1.165, 1.54) is 0 Å². The minimum absolute atomic E-state index is 0.116. The third kappa shape index (κ3) is 4.19. The number of amides is 3. The van der Waals surface area contributed by atoms with Crippen molar-refractivity contribution in [1.29, 1.82) is 0 Å². The van der Waals surface area contributed by atoms with Gasteiger partial charge in [0.1, 0.15) is 13.2 Å². The molecule has 2 aromatic rings. The lowest BCUT2D eigenvalue weighted by molar-refractivity contribution is -0.122. The van der Waals surface area contributed by atoms with Crippen molar-refractivity contribution >= 4 is 29.1 Å². The second-order valence-electron chi connectivity index (χ2n) is 8.05. The fourth-order valence-corrected chi connectivity index (χ4v) is 3.81. The molecule has 2 fully saturated rings. The highest BCUT2D eigenvalue weighted by Gasteiger charge is 2.35. The monoisotopic (exact) mass is 421 g/mol. The van der Waals surface area contributed by atoms with Crippen LogP contribution in [0.25, 0.3) is 0 Å². The third-order valence-electron chi connectivity index (χ3n) is 5.64. The Morgan fingerprint density at radius 2 is 1.81 bits per heavy atom. The number of hydrogen-bond donors (Lipinski definition) is 2. The van der Waals surface area contributed by atoms with Crippen molar-refractivity contribution in [1.82, 2.24) is 5.32 Å². The molecule has 8 heteroatoms. The lowest BCUT2D eigenvalue weighted by Gasteiger charge is -2.22. The molecule has 0 bridgehead atoms. The molecule has 5 rings (SSSR count). The molecule has 3 aliphatic rings. The topological polar surface area (TPSA) is 97.0 Å². The van der Waals surface area contributed by atoms with Gasteiger partial charge in [-0.25, -0.2) is 0 Å². The van der Waals surface area contributed by atoms with E-state index in [2.05, 4.69) is 10.6 Å². The standard InChI is InChI=1S/C23H23N3O5/c27-21-11-15(13-26(21)18-6-7-19-20(12-18)31-9-8-30-19)23(29)25-17-3-1-2-14(10-17)22(28)24-16-4-5-16/h1-3,6-7,10,12,15-16H,4-5,8-9,11,13H2,(H,24,28)(H,25,29)/t15-/m1/s1. The molecule has 8 nitrogen and oxygen atoms in total. The van der Waals surface area contributed by atoms with Crippen LogP contribution in [0.4, 0.5) is 11.4 Å². The molecule has 160 valence electrons. The average molecular weight is 421 g/mol. The third-order valence-corrected chi connectivity index (χ3v) is 5.64. The number of carbonyl (C=O) groups excluding carboxylic acids is 3. The second kappa shape index (κ2) is 7.94. The molecule has 2 heterocycles. The van der Waals surface area contributed by atoms with Gasteiger partial charge in [-0.15, -0.1) is 0 Å². The number of hydrogen-bond acceptors (Lipinski definition) is 5. The number of fused-ring (bicyclic) bond motifs is 1. The maximum atomic E-state index is 12.8. The summed E-state index contributed by atoms with van der Waals surface area (Å²) in [5.74, 6) is 0.277. The van der Waals surface area contributed by atoms with Crippen LogP contribution >= 0.6 is 0 Å². The maximum Gasteiger partial charge on any atom is 0.251 e. The van der Waals surface area contributed by atoms with Gasteiger partial charge in [0.15, 0.2) is 11.5 Å². The number of ether oxygens (including phenoxy) is 2. The molecule has 2 N–H and O–H groups in total. The first kappa shape index (κ1) is 19.4. The Balaban J connectivity index is 1.25. The van der Waals surface area contributed by atoms with E-state index in [1.54, 1.807) is 47.4 Å². The summed E-state index contributed by atoms with van der Waals surface area (Å²) in [5, 5.41) is 5.78. The van der Waals surface area contributed by atoms with E-state index in [0.717, 1.165) is 12.8 Å². The van der Waals surface area contributed by atoms with E-state index in [1.807, 2.05) is 0 Å². The minimum Gasteiger partial charge on any atom is -0.486 e. The predicted octanol–water partition coefficient (Wildman–Crippen LogP) is 2.34. The first-order valence-electron chi connectivity index (χ1n) is 10.5. The minimum atomic E-state index is -0.482. The lowest BCUT2D eigenvalue weighted by atomic mass is 10.1. The van der Waals surface area contributed by atoms with Gasteiger partial charge in [0.05, 0.1) is 5.92 Å². The number of carbonyl (C=O) groups is 3. The Morgan fingerprint density at radius 3 is 2.61 bits per heavy atom. The highest BCUT2D eigenvalue weighted by atomic mass is 16.6.